The summed E-state index contributed by atoms with van der Waals surface area (Å²) in [5, 5.41) is 11.5. The number of esters is 1. The number of aromatic hydroxyl groups is 1. The van der Waals surface area contributed by atoms with Gasteiger partial charge >= 0.3 is 12.1 Å². The van der Waals surface area contributed by atoms with Crippen LogP contribution in [-0.2, 0) is 15.1 Å². The van der Waals surface area contributed by atoms with Gasteiger partial charge in [-0.3, -0.25) is 5.32 Å². The first-order valence-electron chi connectivity index (χ1n) is 5.95. The van der Waals surface area contributed by atoms with E-state index < -0.39 is 24.2 Å². The highest BCUT2D eigenvalue weighted by Gasteiger charge is 2.42. The van der Waals surface area contributed by atoms with Gasteiger partial charge in [0.05, 0.1) is 13.7 Å². The van der Waals surface area contributed by atoms with E-state index in [9.17, 15) is 23.1 Å². The van der Waals surface area contributed by atoms with Crippen LogP contribution in [0.25, 0.3) is 0 Å². The van der Waals surface area contributed by atoms with Gasteiger partial charge in [-0.2, -0.15) is 13.2 Å². The van der Waals surface area contributed by atoms with Crippen molar-refractivity contribution in [3.05, 3.63) is 29.8 Å². The molecule has 1 aromatic rings. The molecule has 112 valence electrons. The van der Waals surface area contributed by atoms with E-state index >= 15 is 0 Å². The molecule has 2 N–H and O–H groups in total. The molecule has 1 atom stereocenters. The lowest BCUT2D eigenvalue weighted by molar-refractivity contribution is -0.154. The lowest BCUT2D eigenvalue weighted by Crippen LogP contribution is -2.52. The minimum atomic E-state index is -4.45. The molecule has 0 saturated heterocycles. The van der Waals surface area contributed by atoms with Gasteiger partial charge in [0.15, 0.2) is 0 Å². The third-order valence-corrected chi connectivity index (χ3v) is 3.01. The Morgan fingerprint density at radius 2 is 1.85 bits per heavy atom. The molecule has 0 radical (unpaired) electrons. The Balaban J connectivity index is 3.17. The number of ether oxygens (including phenoxy) is 1. The Bertz CT molecular complexity index is 459. The molecule has 4 nitrogen and oxygen atoms in total. The molecule has 0 aliphatic carbocycles. The lowest BCUT2D eigenvalue weighted by atomic mass is 9.87. The molecule has 1 rings (SSSR count). The number of benzene rings is 1. The number of nitrogens with one attached hydrogen (secondary N) is 1. The molecule has 20 heavy (non-hydrogen) atoms. The second-order valence-corrected chi connectivity index (χ2v) is 4.27. The van der Waals surface area contributed by atoms with E-state index in [2.05, 4.69) is 10.1 Å². The van der Waals surface area contributed by atoms with Crippen molar-refractivity contribution in [3.63, 3.8) is 0 Å². The average molecular weight is 291 g/mol. The number of carbonyl (C=O) groups excluding carboxylic acids is 1. The van der Waals surface area contributed by atoms with E-state index in [1.54, 1.807) is 6.92 Å². The Morgan fingerprint density at radius 1 is 1.30 bits per heavy atom. The highest BCUT2D eigenvalue weighted by Crippen LogP contribution is 2.29. The Labute approximate surface area is 114 Å². The highest BCUT2D eigenvalue weighted by molar-refractivity contribution is 5.82. The molecular formula is C13H16F3NO3. The molecule has 1 aromatic carbocycles. The number of hydrogen-bond donors (Lipinski definition) is 2. The fourth-order valence-corrected chi connectivity index (χ4v) is 1.94. The largest absolute Gasteiger partial charge is 0.508 e. The summed E-state index contributed by atoms with van der Waals surface area (Å²) in [6.45, 7) is 0.254. The van der Waals surface area contributed by atoms with Crippen molar-refractivity contribution >= 4 is 5.97 Å². The first-order valence-corrected chi connectivity index (χ1v) is 5.95. The maximum absolute atomic E-state index is 12.4. The van der Waals surface area contributed by atoms with Crippen LogP contribution in [0.2, 0.25) is 0 Å². The molecule has 0 bridgehead atoms. The van der Waals surface area contributed by atoms with Crippen LogP contribution >= 0.6 is 0 Å². The van der Waals surface area contributed by atoms with Gasteiger partial charge in [-0.15, -0.1) is 0 Å². The van der Waals surface area contributed by atoms with Crippen LogP contribution in [0.3, 0.4) is 0 Å². The molecule has 0 spiro atoms. The molecule has 0 aliphatic rings. The third kappa shape index (κ3) is 3.63. The van der Waals surface area contributed by atoms with E-state index in [1.165, 1.54) is 24.3 Å². The molecule has 0 saturated carbocycles. The molecular weight excluding hydrogens is 275 g/mol. The number of carbonyl (C=O) groups is 1. The van der Waals surface area contributed by atoms with Crippen LogP contribution in [0.4, 0.5) is 13.2 Å². The minimum Gasteiger partial charge on any atom is -0.508 e. The first kappa shape index (κ1) is 16.3. The maximum Gasteiger partial charge on any atom is 0.401 e. The SMILES string of the molecule is CCC(NCC(F)(F)F)(C(=O)OC)c1ccc(O)cc1. The Morgan fingerprint density at radius 3 is 2.25 bits per heavy atom. The van der Waals surface area contributed by atoms with Crippen LogP contribution < -0.4 is 5.32 Å². The summed E-state index contributed by atoms with van der Waals surface area (Å²) in [5.74, 6) is -0.852. The Hall–Kier alpha value is -1.76. The van der Waals surface area contributed by atoms with Gasteiger partial charge in [0.2, 0.25) is 0 Å². The van der Waals surface area contributed by atoms with Crippen molar-refractivity contribution in [1.29, 1.82) is 0 Å². The van der Waals surface area contributed by atoms with Gasteiger partial charge in [0.1, 0.15) is 11.3 Å². The zero-order chi connectivity index (χ0) is 15.4. The normalized spacial score (nSPS) is 14.7. The van der Waals surface area contributed by atoms with Crippen molar-refractivity contribution < 1.29 is 27.8 Å². The van der Waals surface area contributed by atoms with Crippen LogP contribution in [-0.4, -0.2) is 30.9 Å². The van der Waals surface area contributed by atoms with Crippen LogP contribution in [0.1, 0.15) is 18.9 Å². The summed E-state index contributed by atoms with van der Waals surface area (Å²) >= 11 is 0. The first-order chi connectivity index (χ1) is 9.25. The lowest BCUT2D eigenvalue weighted by Gasteiger charge is -2.32. The standard InChI is InChI=1S/C13H16F3NO3/c1-3-12(11(19)20-2,17-8-13(14,15)16)9-4-6-10(18)7-5-9/h4-7,17-18H,3,8H2,1-2H3. The predicted molar refractivity (Wildman–Crippen MR) is 66.1 cm³/mol. The van der Waals surface area contributed by atoms with E-state index in [0.717, 1.165) is 7.11 Å². The quantitative estimate of drug-likeness (QED) is 0.817. The van der Waals surface area contributed by atoms with Crippen molar-refractivity contribution in [3.8, 4) is 5.75 Å². The summed E-state index contributed by atoms with van der Waals surface area (Å²) in [6, 6.07) is 5.38. The molecule has 0 aliphatic heterocycles. The Kier molecular flexibility index (Phi) is 4.99. The van der Waals surface area contributed by atoms with Gasteiger partial charge in [0, 0.05) is 0 Å². The topological polar surface area (TPSA) is 58.6 Å². The summed E-state index contributed by atoms with van der Waals surface area (Å²) in [5.41, 5.74) is -1.30. The van der Waals surface area contributed by atoms with Crippen molar-refractivity contribution in [2.45, 2.75) is 25.1 Å². The number of rotatable bonds is 5. The monoisotopic (exact) mass is 291 g/mol. The fourth-order valence-electron chi connectivity index (χ4n) is 1.94. The van der Waals surface area contributed by atoms with Gasteiger partial charge in [-0.25, -0.2) is 4.79 Å². The maximum atomic E-state index is 12.4. The molecule has 7 heteroatoms. The molecule has 0 heterocycles. The number of hydrogen-bond acceptors (Lipinski definition) is 4. The summed E-state index contributed by atoms with van der Waals surface area (Å²) in [6.07, 6.45) is -4.38. The van der Waals surface area contributed by atoms with E-state index in [1.807, 2.05) is 0 Å². The highest BCUT2D eigenvalue weighted by atomic mass is 19.4. The van der Waals surface area contributed by atoms with Crippen LogP contribution in [0.5, 0.6) is 5.75 Å². The fraction of sp³-hybridized carbons (Fsp3) is 0.462. The second-order valence-electron chi connectivity index (χ2n) is 4.27. The van der Waals surface area contributed by atoms with Crippen molar-refractivity contribution in [1.82, 2.24) is 5.32 Å². The number of methoxy groups -OCH3 is 1. The zero-order valence-electron chi connectivity index (χ0n) is 11.1. The zero-order valence-corrected chi connectivity index (χ0v) is 11.1. The minimum absolute atomic E-state index is 0.0422. The number of alkyl halides is 3. The third-order valence-electron chi connectivity index (χ3n) is 3.01. The van der Waals surface area contributed by atoms with E-state index in [4.69, 9.17) is 0 Å². The number of halogens is 3. The second kappa shape index (κ2) is 6.13. The molecule has 1 unspecified atom stereocenters. The van der Waals surface area contributed by atoms with E-state index in [-0.39, 0.29) is 12.2 Å². The summed E-state index contributed by atoms with van der Waals surface area (Å²) in [7, 11) is 1.11. The number of phenols is 1. The molecule has 0 aromatic heterocycles. The summed E-state index contributed by atoms with van der Waals surface area (Å²) < 4.78 is 41.9. The van der Waals surface area contributed by atoms with Gasteiger partial charge < -0.3 is 9.84 Å². The van der Waals surface area contributed by atoms with Crippen LogP contribution in [0, 0.1) is 0 Å². The predicted octanol–water partition coefficient (Wildman–Crippen LogP) is 2.32. The smallest absolute Gasteiger partial charge is 0.401 e. The van der Waals surface area contributed by atoms with E-state index in [0.29, 0.717) is 5.56 Å². The van der Waals surface area contributed by atoms with Gasteiger partial charge in [0.25, 0.3) is 0 Å². The molecule has 0 amide bonds. The average Bonchev–Trinajstić information content (AvgIpc) is 2.40. The van der Waals surface area contributed by atoms with Crippen molar-refractivity contribution in [2.24, 2.45) is 0 Å². The molecule has 0 fully saturated rings. The van der Waals surface area contributed by atoms with Crippen LogP contribution in [0.15, 0.2) is 24.3 Å². The van der Waals surface area contributed by atoms with Gasteiger partial charge in [-0.05, 0) is 24.1 Å². The van der Waals surface area contributed by atoms with Gasteiger partial charge in [-0.1, -0.05) is 19.1 Å². The summed E-state index contributed by atoms with van der Waals surface area (Å²) in [4.78, 5) is 12.0. The number of phenolic OH excluding ortho intramolecular Hbond substituents is 1. The van der Waals surface area contributed by atoms with Crippen molar-refractivity contribution in [2.75, 3.05) is 13.7 Å².